The molecule has 1 aliphatic rings. The predicted octanol–water partition coefficient (Wildman–Crippen LogP) is 1.03. The number of methoxy groups -OCH3 is 1. The molecule has 1 saturated heterocycles. The van der Waals surface area contributed by atoms with Gasteiger partial charge in [-0.05, 0) is 6.42 Å². The van der Waals surface area contributed by atoms with Gasteiger partial charge in [0.1, 0.15) is 6.04 Å². The lowest BCUT2D eigenvalue weighted by Crippen LogP contribution is -2.42. The van der Waals surface area contributed by atoms with Gasteiger partial charge in [-0.25, -0.2) is 4.79 Å². The minimum Gasteiger partial charge on any atom is -0.467 e. The SMILES string of the molecule is COC(=O)C1CCC(=O)N1CC(=O)c1ccccc1. The molecule has 5 nitrogen and oxygen atoms in total. The number of ketones is 1. The predicted molar refractivity (Wildman–Crippen MR) is 67.5 cm³/mol. The van der Waals surface area contributed by atoms with E-state index in [0.717, 1.165) is 0 Å². The summed E-state index contributed by atoms with van der Waals surface area (Å²) in [6.45, 7) is -0.0807. The maximum absolute atomic E-state index is 12.1. The number of amides is 1. The highest BCUT2D eigenvalue weighted by molar-refractivity contribution is 6.00. The second-order valence-electron chi connectivity index (χ2n) is 4.39. The summed E-state index contributed by atoms with van der Waals surface area (Å²) in [5, 5.41) is 0. The van der Waals surface area contributed by atoms with Gasteiger partial charge in [-0.15, -0.1) is 0 Å². The van der Waals surface area contributed by atoms with Crippen LogP contribution in [0, 0.1) is 0 Å². The molecular formula is C14H15NO4. The Morgan fingerprint density at radius 1 is 1.32 bits per heavy atom. The Hall–Kier alpha value is -2.17. The lowest BCUT2D eigenvalue weighted by atomic mass is 10.1. The number of likely N-dealkylation sites (tertiary alicyclic amines) is 1. The molecule has 1 heterocycles. The van der Waals surface area contributed by atoms with Crippen LogP contribution in [0.25, 0.3) is 0 Å². The number of Topliss-reactive ketones (excluding diaryl/α,β-unsaturated/α-hetero) is 1. The third kappa shape index (κ3) is 2.81. The number of hydrogen-bond donors (Lipinski definition) is 0. The van der Waals surface area contributed by atoms with Crippen LogP contribution in [0.3, 0.4) is 0 Å². The van der Waals surface area contributed by atoms with Gasteiger partial charge in [-0.3, -0.25) is 9.59 Å². The van der Waals surface area contributed by atoms with Gasteiger partial charge < -0.3 is 9.64 Å². The summed E-state index contributed by atoms with van der Waals surface area (Å²) in [6, 6.07) is 8.08. The summed E-state index contributed by atoms with van der Waals surface area (Å²) in [4.78, 5) is 36.7. The first-order valence-electron chi connectivity index (χ1n) is 6.09. The maximum Gasteiger partial charge on any atom is 0.328 e. The molecule has 1 aromatic carbocycles. The Kier molecular flexibility index (Phi) is 3.94. The highest BCUT2D eigenvalue weighted by Gasteiger charge is 2.37. The van der Waals surface area contributed by atoms with E-state index in [1.807, 2.05) is 6.07 Å². The van der Waals surface area contributed by atoms with Crippen molar-refractivity contribution in [1.29, 1.82) is 0 Å². The van der Waals surface area contributed by atoms with Crippen LogP contribution in [0.15, 0.2) is 30.3 Å². The van der Waals surface area contributed by atoms with Crippen LogP contribution in [-0.2, 0) is 14.3 Å². The minimum atomic E-state index is -0.634. The van der Waals surface area contributed by atoms with E-state index >= 15 is 0 Å². The molecule has 0 aliphatic carbocycles. The minimum absolute atomic E-state index is 0.0807. The molecule has 0 saturated carbocycles. The fourth-order valence-corrected chi connectivity index (χ4v) is 2.18. The van der Waals surface area contributed by atoms with Crippen molar-refractivity contribution in [3.05, 3.63) is 35.9 Å². The number of hydrogen-bond acceptors (Lipinski definition) is 4. The van der Waals surface area contributed by atoms with Crippen LogP contribution in [0.1, 0.15) is 23.2 Å². The molecule has 19 heavy (non-hydrogen) atoms. The van der Waals surface area contributed by atoms with Gasteiger partial charge in [-0.2, -0.15) is 0 Å². The van der Waals surface area contributed by atoms with Crippen LogP contribution < -0.4 is 0 Å². The summed E-state index contributed by atoms with van der Waals surface area (Å²) in [5.41, 5.74) is 0.533. The molecule has 5 heteroatoms. The molecular weight excluding hydrogens is 246 g/mol. The Bertz CT molecular complexity index is 497. The Morgan fingerprint density at radius 2 is 2.00 bits per heavy atom. The van der Waals surface area contributed by atoms with Crippen molar-refractivity contribution in [2.45, 2.75) is 18.9 Å². The highest BCUT2D eigenvalue weighted by atomic mass is 16.5. The van der Waals surface area contributed by atoms with Gasteiger partial charge in [0.15, 0.2) is 5.78 Å². The molecule has 0 radical (unpaired) electrons. The molecule has 1 unspecified atom stereocenters. The highest BCUT2D eigenvalue weighted by Crippen LogP contribution is 2.20. The van der Waals surface area contributed by atoms with Crippen LogP contribution in [0.4, 0.5) is 0 Å². The lowest BCUT2D eigenvalue weighted by Gasteiger charge is -2.21. The first kappa shape index (κ1) is 13.3. The van der Waals surface area contributed by atoms with Crippen molar-refractivity contribution in [2.24, 2.45) is 0 Å². The normalized spacial score (nSPS) is 18.5. The van der Waals surface area contributed by atoms with Crippen molar-refractivity contribution in [1.82, 2.24) is 4.90 Å². The van der Waals surface area contributed by atoms with E-state index in [1.54, 1.807) is 24.3 Å². The van der Waals surface area contributed by atoms with Crippen LogP contribution >= 0.6 is 0 Å². The van der Waals surface area contributed by atoms with Gasteiger partial charge in [0.2, 0.25) is 5.91 Å². The number of carbonyl (C=O) groups is 3. The number of esters is 1. The van der Waals surface area contributed by atoms with Crippen molar-refractivity contribution in [3.63, 3.8) is 0 Å². The molecule has 1 atom stereocenters. The molecule has 100 valence electrons. The molecule has 0 bridgehead atoms. The largest absolute Gasteiger partial charge is 0.467 e. The maximum atomic E-state index is 12.1. The molecule has 0 spiro atoms. The smallest absolute Gasteiger partial charge is 0.328 e. The molecule has 1 fully saturated rings. The van der Waals surface area contributed by atoms with E-state index in [1.165, 1.54) is 12.0 Å². The first-order chi connectivity index (χ1) is 9.13. The zero-order valence-corrected chi connectivity index (χ0v) is 10.7. The number of rotatable bonds is 4. The van der Waals surface area contributed by atoms with Crippen molar-refractivity contribution in [2.75, 3.05) is 13.7 Å². The van der Waals surface area contributed by atoms with Gasteiger partial charge in [0, 0.05) is 12.0 Å². The standard InChI is InChI=1S/C14H15NO4/c1-19-14(18)11-7-8-13(17)15(11)9-12(16)10-5-3-2-4-6-10/h2-6,11H,7-9H2,1H3. The molecule has 1 aliphatic heterocycles. The first-order valence-corrected chi connectivity index (χ1v) is 6.09. The molecule has 0 aromatic heterocycles. The van der Waals surface area contributed by atoms with Crippen LogP contribution in [0.5, 0.6) is 0 Å². The van der Waals surface area contributed by atoms with Gasteiger partial charge in [0.25, 0.3) is 0 Å². The zero-order valence-electron chi connectivity index (χ0n) is 10.7. The van der Waals surface area contributed by atoms with Gasteiger partial charge in [0.05, 0.1) is 13.7 Å². The lowest BCUT2D eigenvalue weighted by molar-refractivity contribution is -0.148. The number of carbonyl (C=O) groups excluding carboxylic acids is 3. The topological polar surface area (TPSA) is 63.7 Å². The Balaban J connectivity index is 2.10. The summed E-state index contributed by atoms with van der Waals surface area (Å²) >= 11 is 0. The van der Waals surface area contributed by atoms with E-state index in [2.05, 4.69) is 4.74 Å². The van der Waals surface area contributed by atoms with Crippen molar-refractivity contribution >= 4 is 17.7 Å². The summed E-state index contributed by atoms with van der Waals surface area (Å²) in [5.74, 6) is -0.823. The van der Waals surface area contributed by atoms with Gasteiger partial charge >= 0.3 is 5.97 Å². The molecule has 2 rings (SSSR count). The fraction of sp³-hybridized carbons (Fsp3) is 0.357. The van der Waals surface area contributed by atoms with Crippen LogP contribution in [-0.4, -0.2) is 42.3 Å². The summed E-state index contributed by atoms with van der Waals surface area (Å²) in [6.07, 6.45) is 0.690. The third-order valence-electron chi connectivity index (χ3n) is 3.21. The average molecular weight is 261 g/mol. The van der Waals surface area contributed by atoms with E-state index in [4.69, 9.17) is 0 Å². The monoisotopic (exact) mass is 261 g/mol. The number of nitrogens with zero attached hydrogens (tertiary/aromatic N) is 1. The fourth-order valence-electron chi connectivity index (χ4n) is 2.18. The average Bonchev–Trinajstić information content (AvgIpc) is 2.80. The molecule has 1 amide bonds. The Morgan fingerprint density at radius 3 is 2.63 bits per heavy atom. The second kappa shape index (κ2) is 5.65. The Labute approximate surface area is 111 Å². The summed E-state index contributed by atoms with van der Waals surface area (Å²) in [7, 11) is 1.28. The van der Waals surface area contributed by atoms with Gasteiger partial charge in [-0.1, -0.05) is 30.3 Å². The second-order valence-corrected chi connectivity index (χ2v) is 4.39. The number of ether oxygens (including phenoxy) is 1. The summed E-state index contributed by atoms with van der Waals surface area (Å²) < 4.78 is 4.66. The third-order valence-corrected chi connectivity index (χ3v) is 3.21. The van der Waals surface area contributed by atoms with E-state index in [9.17, 15) is 14.4 Å². The van der Waals surface area contributed by atoms with Crippen LogP contribution in [0.2, 0.25) is 0 Å². The van der Waals surface area contributed by atoms with E-state index in [0.29, 0.717) is 12.0 Å². The number of benzene rings is 1. The molecule has 1 aromatic rings. The van der Waals surface area contributed by atoms with E-state index < -0.39 is 12.0 Å². The van der Waals surface area contributed by atoms with Crippen molar-refractivity contribution in [3.8, 4) is 0 Å². The quantitative estimate of drug-likeness (QED) is 0.600. The van der Waals surface area contributed by atoms with E-state index in [-0.39, 0.29) is 24.7 Å². The van der Waals surface area contributed by atoms with Crippen molar-refractivity contribution < 1.29 is 19.1 Å². The zero-order chi connectivity index (χ0) is 13.8. The molecule has 0 N–H and O–H groups in total.